The molecule has 0 atom stereocenters. The molecule has 0 saturated heterocycles. The molecule has 3 nitrogen and oxygen atoms in total. The molecule has 1 rings (SSSR count). The molecule has 1 aromatic rings. The molecule has 68 valence electrons. The molecule has 0 amide bonds. The van der Waals surface area contributed by atoms with Gasteiger partial charge in [-0.05, 0) is 27.7 Å². The lowest BCUT2D eigenvalue weighted by atomic mass is 10.3. The van der Waals surface area contributed by atoms with Crippen molar-refractivity contribution < 1.29 is 4.74 Å². The average Bonchev–Trinajstić information content (AvgIpc) is 2.17. The highest BCUT2D eigenvalue weighted by Gasteiger charge is 2.10. The lowest BCUT2D eigenvalue weighted by Crippen LogP contribution is -2.06. The molecule has 1 heterocycles. The number of ether oxygens (including phenoxy) is 1. The van der Waals surface area contributed by atoms with Crippen LogP contribution in [0.15, 0.2) is 0 Å². The molecule has 12 heavy (non-hydrogen) atoms. The fourth-order valence-electron chi connectivity index (χ4n) is 1.02. The minimum atomic E-state index is 0.193. The fraction of sp³-hybridized carbons (Fsp3) is 0.667. The van der Waals surface area contributed by atoms with Crippen molar-refractivity contribution >= 4 is 0 Å². The first-order chi connectivity index (χ1) is 5.52. The summed E-state index contributed by atoms with van der Waals surface area (Å²) in [5, 5.41) is 4.24. The van der Waals surface area contributed by atoms with E-state index in [4.69, 9.17) is 4.74 Å². The summed E-state index contributed by atoms with van der Waals surface area (Å²) < 4.78 is 7.36. The maximum absolute atomic E-state index is 5.51. The van der Waals surface area contributed by atoms with Crippen molar-refractivity contribution in [3.05, 3.63) is 11.3 Å². The van der Waals surface area contributed by atoms with Crippen molar-refractivity contribution in [3.8, 4) is 5.88 Å². The smallest absolute Gasteiger partial charge is 0.236 e. The molecule has 1 aromatic heterocycles. The predicted molar refractivity (Wildman–Crippen MR) is 48.4 cm³/mol. The molecule has 0 aliphatic carbocycles. The van der Waals surface area contributed by atoms with Crippen molar-refractivity contribution in [3.63, 3.8) is 0 Å². The molecule has 0 saturated carbocycles. The highest BCUT2D eigenvalue weighted by molar-refractivity contribution is 5.28. The van der Waals surface area contributed by atoms with Crippen LogP contribution in [0.5, 0.6) is 5.88 Å². The van der Waals surface area contributed by atoms with Crippen LogP contribution in [0.2, 0.25) is 0 Å². The number of aromatic nitrogens is 2. The standard InChI is InChI=1S/C9H16N2O/c1-6(2)12-9-7(3)8(4)11(5)10-9/h6H,1-5H3. The number of hydrogen-bond donors (Lipinski definition) is 0. The largest absolute Gasteiger partial charge is 0.474 e. The van der Waals surface area contributed by atoms with Crippen LogP contribution in [0.1, 0.15) is 25.1 Å². The van der Waals surface area contributed by atoms with Crippen molar-refractivity contribution in [2.45, 2.75) is 33.8 Å². The van der Waals surface area contributed by atoms with Crippen LogP contribution >= 0.6 is 0 Å². The number of nitrogens with zero attached hydrogens (tertiary/aromatic N) is 2. The second kappa shape index (κ2) is 3.17. The third-order valence-electron chi connectivity index (χ3n) is 1.94. The first-order valence-corrected chi connectivity index (χ1v) is 4.19. The summed E-state index contributed by atoms with van der Waals surface area (Å²) in [4.78, 5) is 0. The first-order valence-electron chi connectivity index (χ1n) is 4.19. The van der Waals surface area contributed by atoms with E-state index in [1.54, 1.807) is 0 Å². The zero-order chi connectivity index (χ0) is 9.30. The molecule has 0 aliphatic rings. The SMILES string of the molecule is Cc1c(OC(C)C)nn(C)c1C. The van der Waals surface area contributed by atoms with Crippen LogP contribution in [0.25, 0.3) is 0 Å². The van der Waals surface area contributed by atoms with Gasteiger partial charge in [-0.15, -0.1) is 5.10 Å². The van der Waals surface area contributed by atoms with Gasteiger partial charge in [-0.3, -0.25) is 4.68 Å². The molecular formula is C9H16N2O. The zero-order valence-corrected chi connectivity index (χ0v) is 8.38. The van der Waals surface area contributed by atoms with Crippen LogP contribution in [-0.4, -0.2) is 15.9 Å². The Kier molecular flexibility index (Phi) is 2.40. The number of hydrogen-bond acceptors (Lipinski definition) is 2. The molecule has 0 N–H and O–H groups in total. The Bertz CT molecular complexity index is 276. The molecule has 0 aliphatic heterocycles. The fourth-order valence-corrected chi connectivity index (χ4v) is 1.02. The maximum atomic E-state index is 5.51. The van der Waals surface area contributed by atoms with Gasteiger partial charge in [0.1, 0.15) is 0 Å². The summed E-state index contributed by atoms with van der Waals surface area (Å²) in [5.41, 5.74) is 2.29. The van der Waals surface area contributed by atoms with Crippen molar-refractivity contribution in [2.24, 2.45) is 7.05 Å². The lowest BCUT2D eigenvalue weighted by molar-refractivity contribution is 0.229. The highest BCUT2D eigenvalue weighted by Crippen LogP contribution is 2.19. The Morgan fingerprint density at radius 2 is 1.92 bits per heavy atom. The van der Waals surface area contributed by atoms with Crippen molar-refractivity contribution in [1.29, 1.82) is 0 Å². The molecule has 0 bridgehead atoms. The molecule has 0 aromatic carbocycles. The van der Waals surface area contributed by atoms with Gasteiger partial charge in [0.05, 0.1) is 6.10 Å². The van der Waals surface area contributed by atoms with Crippen LogP contribution in [0.3, 0.4) is 0 Å². The van der Waals surface area contributed by atoms with Gasteiger partial charge in [0.2, 0.25) is 5.88 Å². The van der Waals surface area contributed by atoms with E-state index in [1.165, 1.54) is 0 Å². The molecule has 0 fully saturated rings. The van der Waals surface area contributed by atoms with E-state index < -0.39 is 0 Å². The molecule has 3 heteroatoms. The van der Waals surface area contributed by atoms with Gasteiger partial charge in [0.25, 0.3) is 0 Å². The lowest BCUT2D eigenvalue weighted by Gasteiger charge is -2.06. The Labute approximate surface area is 73.3 Å². The number of rotatable bonds is 2. The van der Waals surface area contributed by atoms with Gasteiger partial charge >= 0.3 is 0 Å². The Morgan fingerprint density at radius 1 is 1.33 bits per heavy atom. The van der Waals surface area contributed by atoms with Crippen molar-refractivity contribution in [2.75, 3.05) is 0 Å². The predicted octanol–water partition coefficient (Wildman–Crippen LogP) is 1.82. The van der Waals surface area contributed by atoms with Gasteiger partial charge in [-0.25, -0.2) is 0 Å². The van der Waals surface area contributed by atoms with E-state index in [0.717, 1.165) is 17.1 Å². The third kappa shape index (κ3) is 1.60. The third-order valence-corrected chi connectivity index (χ3v) is 1.94. The second-order valence-electron chi connectivity index (χ2n) is 3.31. The molecule has 0 spiro atoms. The van der Waals surface area contributed by atoms with E-state index in [1.807, 2.05) is 39.4 Å². The second-order valence-corrected chi connectivity index (χ2v) is 3.31. The van der Waals surface area contributed by atoms with Crippen LogP contribution in [0.4, 0.5) is 0 Å². The highest BCUT2D eigenvalue weighted by atomic mass is 16.5. The molecular weight excluding hydrogens is 152 g/mol. The van der Waals surface area contributed by atoms with E-state index in [0.29, 0.717) is 0 Å². The van der Waals surface area contributed by atoms with E-state index in [-0.39, 0.29) is 6.10 Å². The van der Waals surface area contributed by atoms with E-state index in [2.05, 4.69) is 5.10 Å². The van der Waals surface area contributed by atoms with Gasteiger partial charge in [-0.2, -0.15) is 0 Å². The number of aryl methyl sites for hydroxylation is 1. The Morgan fingerprint density at radius 3 is 2.25 bits per heavy atom. The Hall–Kier alpha value is -0.990. The zero-order valence-electron chi connectivity index (χ0n) is 8.38. The summed E-state index contributed by atoms with van der Waals surface area (Å²) >= 11 is 0. The normalized spacial score (nSPS) is 10.8. The monoisotopic (exact) mass is 168 g/mol. The van der Waals surface area contributed by atoms with E-state index in [9.17, 15) is 0 Å². The topological polar surface area (TPSA) is 27.1 Å². The molecule has 0 radical (unpaired) electrons. The first kappa shape index (κ1) is 9.10. The molecule has 0 unspecified atom stereocenters. The van der Waals surface area contributed by atoms with Crippen LogP contribution in [-0.2, 0) is 7.05 Å². The summed E-state index contributed by atoms with van der Waals surface area (Å²) in [7, 11) is 1.93. The minimum absolute atomic E-state index is 0.193. The summed E-state index contributed by atoms with van der Waals surface area (Å²) in [6.07, 6.45) is 0.193. The summed E-state index contributed by atoms with van der Waals surface area (Å²) in [5.74, 6) is 0.755. The quantitative estimate of drug-likeness (QED) is 0.673. The maximum Gasteiger partial charge on any atom is 0.236 e. The average molecular weight is 168 g/mol. The van der Waals surface area contributed by atoms with Crippen LogP contribution in [0, 0.1) is 13.8 Å². The van der Waals surface area contributed by atoms with Gasteiger partial charge in [0, 0.05) is 18.3 Å². The van der Waals surface area contributed by atoms with Crippen molar-refractivity contribution in [1.82, 2.24) is 9.78 Å². The van der Waals surface area contributed by atoms with Gasteiger partial charge < -0.3 is 4.74 Å². The summed E-state index contributed by atoms with van der Waals surface area (Å²) in [6.45, 7) is 8.07. The van der Waals surface area contributed by atoms with Crippen LogP contribution < -0.4 is 4.74 Å². The summed E-state index contributed by atoms with van der Waals surface area (Å²) in [6, 6.07) is 0. The van der Waals surface area contributed by atoms with E-state index >= 15 is 0 Å². The Balaban J connectivity index is 2.93. The van der Waals surface area contributed by atoms with Gasteiger partial charge in [-0.1, -0.05) is 0 Å². The minimum Gasteiger partial charge on any atom is -0.474 e. The van der Waals surface area contributed by atoms with Gasteiger partial charge in [0.15, 0.2) is 0 Å².